The van der Waals surface area contributed by atoms with Gasteiger partial charge >= 0.3 is 5.97 Å². The molecule has 8 nitrogen and oxygen atoms in total. The molecule has 0 saturated heterocycles. The van der Waals surface area contributed by atoms with Crippen LogP contribution in [0.15, 0.2) is 30.5 Å². The van der Waals surface area contributed by atoms with E-state index in [1.165, 1.54) is 16.9 Å². The summed E-state index contributed by atoms with van der Waals surface area (Å²) in [4.78, 5) is 23.2. The number of anilines is 1. The molecule has 0 spiro atoms. The van der Waals surface area contributed by atoms with E-state index in [0.29, 0.717) is 28.0 Å². The summed E-state index contributed by atoms with van der Waals surface area (Å²) in [5, 5.41) is 21.0. The first-order valence-corrected chi connectivity index (χ1v) is 9.04. The van der Waals surface area contributed by atoms with Crippen molar-refractivity contribution in [1.82, 2.24) is 19.6 Å². The molecule has 0 atom stereocenters. The monoisotopic (exact) mass is 421 g/mol. The minimum atomic E-state index is -1.04. The molecule has 0 saturated carbocycles. The lowest BCUT2D eigenvalue weighted by Gasteiger charge is -2.07. The van der Waals surface area contributed by atoms with E-state index in [2.05, 4.69) is 15.5 Å². The summed E-state index contributed by atoms with van der Waals surface area (Å²) < 4.78 is 2.94. The smallest absolute Gasteiger partial charge is 0.325 e. The van der Waals surface area contributed by atoms with Crippen molar-refractivity contribution in [3.63, 3.8) is 0 Å². The van der Waals surface area contributed by atoms with Gasteiger partial charge in [-0.25, -0.2) is 0 Å². The molecule has 3 rings (SSSR count). The van der Waals surface area contributed by atoms with Gasteiger partial charge in [0.25, 0.3) is 5.91 Å². The van der Waals surface area contributed by atoms with Crippen LogP contribution in [0.2, 0.25) is 10.0 Å². The van der Waals surface area contributed by atoms with Gasteiger partial charge in [0, 0.05) is 6.20 Å². The van der Waals surface area contributed by atoms with Crippen LogP contribution in [0.1, 0.15) is 27.4 Å². The number of benzene rings is 1. The highest BCUT2D eigenvalue weighted by Gasteiger charge is 2.17. The zero-order chi connectivity index (χ0) is 20.4. The first-order chi connectivity index (χ1) is 13.2. The van der Waals surface area contributed by atoms with Crippen LogP contribution >= 0.6 is 23.2 Å². The number of aliphatic carboxylic acids is 1. The zero-order valence-corrected chi connectivity index (χ0v) is 16.6. The molecule has 0 radical (unpaired) electrons. The summed E-state index contributed by atoms with van der Waals surface area (Å²) in [6.07, 6.45) is 1.44. The van der Waals surface area contributed by atoms with E-state index in [-0.39, 0.29) is 12.2 Å². The fourth-order valence-corrected chi connectivity index (χ4v) is 3.05. The molecule has 0 aliphatic carbocycles. The van der Waals surface area contributed by atoms with Gasteiger partial charge in [0.1, 0.15) is 6.54 Å². The molecule has 2 N–H and O–H groups in total. The van der Waals surface area contributed by atoms with E-state index in [4.69, 9.17) is 28.3 Å². The predicted octanol–water partition coefficient (Wildman–Crippen LogP) is 3.39. The van der Waals surface area contributed by atoms with Gasteiger partial charge in [0.2, 0.25) is 0 Å². The third-order valence-electron chi connectivity index (χ3n) is 4.11. The highest BCUT2D eigenvalue weighted by molar-refractivity contribution is 6.42. The Kier molecular flexibility index (Phi) is 5.71. The molecule has 10 heteroatoms. The molecule has 1 amide bonds. The van der Waals surface area contributed by atoms with Crippen molar-refractivity contribution in [2.75, 3.05) is 5.32 Å². The van der Waals surface area contributed by atoms with Crippen molar-refractivity contribution in [1.29, 1.82) is 0 Å². The Labute approximate surface area is 170 Å². The van der Waals surface area contributed by atoms with Gasteiger partial charge < -0.3 is 10.4 Å². The fourth-order valence-electron chi connectivity index (χ4n) is 2.73. The number of nitrogens with zero attached hydrogens (tertiary/aromatic N) is 4. The lowest BCUT2D eigenvalue weighted by molar-refractivity contribution is -0.137. The number of aryl methyl sites for hydroxylation is 1. The van der Waals surface area contributed by atoms with E-state index < -0.39 is 11.9 Å². The van der Waals surface area contributed by atoms with Crippen LogP contribution < -0.4 is 5.32 Å². The highest BCUT2D eigenvalue weighted by atomic mass is 35.5. The summed E-state index contributed by atoms with van der Waals surface area (Å²) >= 11 is 12.0. The van der Waals surface area contributed by atoms with Gasteiger partial charge in [-0.05, 0) is 37.6 Å². The number of aromatic nitrogens is 4. The normalized spacial score (nSPS) is 10.9. The van der Waals surface area contributed by atoms with E-state index >= 15 is 0 Å². The van der Waals surface area contributed by atoms with E-state index in [1.54, 1.807) is 23.7 Å². The molecule has 0 aliphatic rings. The number of halogens is 2. The molecular formula is C18H17Cl2N5O3. The minimum Gasteiger partial charge on any atom is -0.480 e. The lowest BCUT2D eigenvalue weighted by Crippen LogP contribution is -2.16. The molecule has 0 fully saturated rings. The number of amides is 1. The Morgan fingerprint density at radius 2 is 1.89 bits per heavy atom. The number of hydrogen-bond donors (Lipinski definition) is 2. The topological polar surface area (TPSA) is 102 Å². The van der Waals surface area contributed by atoms with Crippen molar-refractivity contribution in [2.45, 2.75) is 26.9 Å². The Morgan fingerprint density at radius 1 is 1.14 bits per heavy atom. The maximum Gasteiger partial charge on any atom is 0.325 e. The van der Waals surface area contributed by atoms with Gasteiger partial charge in [-0.3, -0.25) is 19.0 Å². The molecular weight excluding hydrogens is 405 g/mol. The lowest BCUT2D eigenvalue weighted by atomic mass is 10.2. The van der Waals surface area contributed by atoms with Crippen molar-refractivity contribution in [3.05, 3.63) is 63.2 Å². The number of rotatable bonds is 6. The minimum absolute atomic E-state index is 0.122. The molecule has 1 aromatic carbocycles. The maximum absolute atomic E-state index is 12.5. The van der Waals surface area contributed by atoms with E-state index in [9.17, 15) is 9.59 Å². The predicted molar refractivity (Wildman–Crippen MR) is 105 cm³/mol. The number of carboxylic acids is 1. The molecule has 0 aliphatic heterocycles. The average Bonchev–Trinajstić information content (AvgIpc) is 3.18. The Balaban J connectivity index is 1.77. The van der Waals surface area contributed by atoms with Crippen LogP contribution in [0.25, 0.3) is 0 Å². The third kappa shape index (κ3) is 4.35. The molecule has 146 valence electrons. The summed E-state index contributed by atoms with van der Waals surface area (Å²) in [7, 11) is 0. The quantitative estimate of drug-likeness (QED) is 0.634. The number of carbonyl (C=O) groups is 2. The van der Waals surface area contributed by atoms with Crippen LogP contribution in [-0.4, -0.2) is 36.5 Å². The van der Waals surface area contributed by atoms with Crippen molar-refractivity contribution >= 4 is 40.8 Å². The van der Waals surface area contributed by atoms with Crippen LogP contribution in [0, 0.1) is 13.8 Å². The SMILES string of the molecule is Cc1nn(Cc2ccc(Cl)c(Cl)c2)c(C)c1NC(=O)c1ccn(CC(=O)O)n1. The van der Waals surface area contributed by atoms with Crippen LogP contribution in [-0.2, 0) is 17.9 Å². The number of carbonyl (C=O) groups excluding carboxylic acids is 1. The molecule has 2 aromatic heterocycles. The summed E-state index contributed by atoms with van der Waals surface area (Å²) in [6, 6.07) is 6.82. The van der Waals surface area contributed by atoms with Crippen molar-refractivity contribution in [2.24, 2.45) is 0 Å². The Morgan fingerprint density at radius 3 is 2.57 bits per heavy atom. The third-order valence-corrected chi connectivity index (χ3v) is 4.85. The van der Waals surface area contributed by atoms with Gasteiger partial charge in [0.05, 0.1) is 33.7 Å². The molecule has 0 bridgehead atoms. The first-order valence-electron chi connectivity index (χ1n) is 8.29. The van der Waals surface area contributed by atoms with Gasteiger partial charge in [0.15, 0.2) is 5.69 Å². The van der Waals surface area contributed by atoms with E-state index in [1.807, 2.05) is 13.0 Å². The molecule has 0 unspecified atom stereocenters. The fraction of sp³-hybridized carbons (Fsp3) is 0.222. The first kappa shape index (κ1) is 19.9. The second-order valence-corrected chi connectivity index (χ2v) is 7.01. The zero-order valence-electron chi connectivity index (χ0n) is 15.1. The molecule has 28 heavy (non-hydrogen) atoms. The number of nitrogens with one attached hydrogen (secondary N) is 1. The van der Waals surface area contributed by atoms with Crippen molar-refractivity contribution in [3.8, 4) is 0 Å². The molecule has 2 heterocycles. The number of hydrogen-bond acceptors (Lipinski definition) is 4. The van der Waals surface area contributed by atoms with Gasteiger partial charge in [-0.2, -0.15) is 10.2 Å². The van der Waals surface area contributed by atoms with E-state index in [0.717, 1.165) is 11.3 Å². The van der Waals surface area contributed by atoms with Crippen LogP contribution in [0.5, 0.6) is 0 Å². The van der Waals surface area contributed by atoms with Crippen LogP contribution in [0.4, 0.5) is 5.69 Å². The largest absolute Gasteiger partial charge is 0.480 e. The van der Waals surface area contributed by atoms with Gasteiger partial charge in [-0.1, -0.05) is 29.3 Å². The summed E-state index contributed by atoms with van der Waals surface area (Å²) in [5.74, 6) is -1.48. The highest BCUT2D eigenvalue weighted by Crippen LogP contribution is 2.25. The standard InChI is InChI=1S/C18H17Cl2N5O3/c1-10-17(21-18(28)15-5-6-24(23-15)9-16(26)27)11(2)25(22-10)8-12-3-4-13(19)14(20)7-12/h3-7H,8-9H2,1-2H3,(H,21,28)(H,26,27). The summed E-state index contributed by atoms with van der Waals surface area (Å²) in [6.45, 7) is 3.78. The van der Waals surface area contributed by atoms with Gasteiger partial charge in [-0.15, -0.1) is 0 Å². The Hall–Kier alpha value is -2.84. The second-order valence-electron chi connectivity index (χ2n) is 6.20. The second kappa shape index (κ2) is 8.04. The van der Waals surface area contributed by atoms with Crippen LogP contribution in [0.3, 0.4) is 0 Å². The number of carboxylic acid groups (broad SMARTS) is 1. The Bertz CT molecular complexity index is 1060. The average molecular weight is 422 g/mol. The maximum atomic E-state index is 12.5. The van der Waals surface area contributed by atoms with Crippen molar-refractivity contribution < 1.29 is 14.7 Å². The molecule has 3 aromatic rings. The summed E-state index contributed by atoms with van der Waals surface area (Å²) in [5.41, 5.74) is 3.04.